The Morgan fingerprint density at radius 2 is 1.91 bits per heavy atom. The molecule has 0 aromatic heterocycles. The zero-order valence-electron chi connectivity index (χ0n) is 11.7. The third-order valence-corrected chi connectivity index (χ3v) is 3.39. The van der Waals surface area contributed by atoms with E-state index in [0.717, 1.165) is 0 Å². The minimum absolute atomic E-state index is 0.106. The number of non-ortho nitro benzene ring substituents is 1. The first-order valence-electron chi connectivity index (χ1n) is 6.54. The first-order valence-corrected chi connectivity index (χ1v) is 6.54. The summed E-state index contributed by atoms with van der Waals surface area (Å²) in [6.45, 7) is -0.428. The van der Waals surface area contributed by atoms with E-state index in [2.05, 4.69) is 0 Å². The molecule has 22 heavy (non-hydrogen) atoms. The molecule has 0 saturated carbocycles. The van der Waals surface area contributed by atoms with Crippen molar-refractivity contribution in [3.63, 3.8) is 0 Å². The van der Waals surface area contributed by atoms with E-state index in [4.69, 9.17) is 14.2 Å². The van der Waals surface area contributed by atoms with Gasteiger partial charge in [-0.05, 0) is 12.1 Å². The van der Waals surface area contributed by atoms with Crippen LogP contribution >= 0.6 is 0 Å². The highest BCUT2D eigenvalue weighted by Gasteiger charge is 2.45. The lowest BCUT2D eigenvalue weighted by Gasteiger charge is -2.41. The summed E-state index contributed by atoms with van der Waals surface area (Å²) in [5.74, 6) is 0.217. The van der Waals surface area contributed by atoms with Gasteiger partial charge in [0.05, 0.1) is 11.5 Å². The molecule has 1 saturated heterocycles. The zero-order valence-corrected chi connectivity index (χ0v) is 11.7. The summed E-state index contributed by atoms with van der Waals surface area (Å²) in [5, 5.41) is 39.8. The summed E-state index contributed by atoms with van der Waals surface area (Å²) >= 11 is 0. The van der Waals surface area contributed by atoms with Crippen LogP contribution < -0.4 is 4.74 Å². The smallest absolute Gasteiger partial charge is 0.269 e. The van der Waals surface area contributed by atoms with Crippen molar-refractivity contribution in [2.75, 3.05) is 13.7 Å². The third kappa shape index (κ3) is 3.34. The topological polar surface area (TPSA) is 132 Å². The van der Waals surface area contributed by atoms with Gasteiger partial charge < -0.3 is 29.5 Å². The number of nitro groups is 1. The standard InChI is InChI=1S/C13H17NO8/c1-20-12-9(6-15)22-13(11(17)10(12)16)21-8-4-2-7(3-5-8)14(18)19/h2-5,9-13,15-17H,6H2,1H3/t9-,10-,11-,12-,13-/m1/s1. The number of aliphatic hydroxyl groups excluding tert-OH is 3. The lowest BCUT2D eigenvalue weighted by atomic mass is 9.99. The molecule has 0 radical (unpaired) electrons. The highest BCUT2D eigenvalue weighted by atomic mass is 16.7. The first kappa shape index (κ1) is 16.6. The molecule has 5 atom stereocenters. The van der Waals surface area contributed by atoms with Crippen LogP contribution in [-0.2, 0) is 9.47 Å². The zero-order chi connectivity index (χ0) is 16.3. The highest BCUT2D eigenvalue weighted by molar-refractivity contribution is 5.36. The van der Waals surface area contributed by atoms with E-state index in [1.165, 1.54) is 31.4 Å². The van der Waals surface area contributed by atoms with E-state index in [-0.39, 0.29) is 11.4 Å². The molecule has 1 aromatic rings. The second-order valence-corrected chi connectivity index (χ2v) is 4.78. The quantitative estimate of drug-likeness (QED) is 0.486. The van der Waals surface area contributed by atoms with E-state index in [1.807, 2.05) is 0 Å². The number of ether oxygens (including phenoxy) is 3. The predicted molar refractivity (Wildman–Crippen MR) is 72.3 cm³/mol. The van der Waals surface area contributed by atoms with E-state index in [9.17, 15) is 25.4 Å². The summed E-state index contributed by atoms with van der Waals surface area (Å²) in [5.41, 5.74) is -0.106. The van der Waals surface area contributed by atoms with Crippen molar-refractivity contribution >= 4 is 5.69 Å². The molecule has 1 aromatic carbocycles. The Hall–Kier alpha value is -1.78. The molecule has 122 valence electrons. The van der Waals surface area contributed by atoms with Crippen molar-refractivity contribution < 1.29 is 34.5 Å². The van der Waals surface area contributed by atoms with Crippen LogP contribution in [0.4, 0.5) is 5.69 Å². The average molecular weight is 315 g/mol. The Morgan fingerprint density at radius 1 is 1.27 bits per heavy atom. The Kier molecular flexibility index (Phi) is 5.27. The van der Waals surface area contributed by atoms with Gasteiger partial charge in [0, 0.05) is 19.2 Å². The molecule has 0 amide bonds. The molecule has 0 unspecified atom stereocenters. The number of hydrogen-bond acceptors (Lipinski definition) is 8. The molecule has 9 heteroatoms. The summed E-state index contributed by atoms with van der Waals surface area (Å²) in [7, 11) is 1.32. The Morgan fingerprint density at radius 3 is 2.41 bits per heavy atom. The Bertz CT molecular complexity index is 505. The fourth-order valence-electron chi connectivity index (χ4n) is 2.22. The summed E-state index contributed by atoms with van der Waals surface area (Å²) in [6.07, 6.45) is -5.70. The van der Waals surface area contributed by atoms with Crippen molar-refractivity contribution in [1.82, 2.24) is 0 Å². The molecule has 0 bridgehead atoms. The SMILES string of the molecule is CO[C@H]1[C@H](O)[C@@H](O)[C@H](Oc2ccc([N+](=O)[O-])cc2)O[C@@H]1CO. The van der Waals surface area contributed by atoms with Crippen LogP contribution in [0, 0.1) is 10.1 Å². The van der Waals surface area contributed by atoms with Crippen molar-refractivity contribution in [2.45, 2.75) is 30.7 Å². The number of aliphatic hydroxyl groups is 3. The molecule has 0 spiro atoms. The third-order valence-electron chi connectivity index (χ3n) is 3.39. The average Bonchev–Trinajstić information content (AvgIpc) is 2.52. The maximum atomic E-state index is 10.6. The fourth-order valence-corrected chi connectivity index (χ4v) is 2.22. The second kappa shape index (κ2) is 6.99. The van der Waals surface area contributed by atoms with Gasteiger partial charge in [0.2, 0.25) is 6.29 Å². The van der Waals surface area contributed by atoms with E-state index in [1.54, 1.807) is 0 Å². The van der Waals surface area contributed by atoms with Gasteiger partial charge in [-0.15, -0.1) is 0 Å². The van der Waals surface area contributed by atoms with Crippen LogP contribution in [0.5, 0.6) is 5.75 Å². The Balaban J connectivity index is 2.09. The molecule has 0 aliphatic carbocycles. The molecule has 2 rings (SSSR count). The van der Waals surface area contributed by atoms with Crippen molar-refractivity contribution in [1.29, 1.82) is 0 Å². The summed E-state index contributed by atoms with van der Waals surface area (Å²) in [4.78, 5) is 10.0. The first-order chi connectivity index (χ1) is 10.5. The van der Waals surface area contributed by atoms with Gasteiger partial charge in [0.25, 0.3) is 5.69 Å². The van der Waals surface area contributed by atoms with Crippen LogP contribution in [0.15, 0.2) is 24.3 Å². The van der Waals surface area contributed by atoms with Crippen LogP contribution in [-0.4, -0.2) is 64.7 Å². The maximum absolute atomic E-state index is 10.6. The fraction of sp³-hybridized carbons (Fsp3) is 0.538. The van der Waals surface area contributed by atoms with Crippen LogP contribution in [0.1, 0.15) is 0 Å². The van der Waals surface area contributed by atoms with Crippen LogP contribution in [0.2, 0.25) is 0 Å². The van der Waals surface area contributed by atoms with Gasteiger partial charge in [0.15, 0.2) is 0 Å². The highest BCUT2D eigenvalue weighted by Crippen LogP contribution is 2.26. The predicted octanol–water partition coefficient (Wildman–Crippen LogP) is -0.572. The summed E-state index contributed by atoms with van der Waals surface area (Å²) < 4.78 is 15.7. The van der Waals surface area contributed by atoms with E-state index < -0.39 is 42.2 Å². The molecular weight excluding hydrogens is 298 g/mol. The number of rotatable bonds is 5. The van der Waals surface area contributed by atoms with Gasteiger partial charge in [-0.25, -0.2) is 0 Å². The number of nitrogens with zero attached hydrogens (tertiary/aromatic N) is 1. The van der Waals surface area contributed by atoms with Crippen molar-refractivity contribution in [2.24, 2.45) is 0 Å². The lowest BCUT2D eigenvalue weighted by molar-refractivity contribution is -0.384. The number of methoxy groups -OCH3 is 1. The number of benzene rings is 1. The summed E-state index contributed by atoms with van der Waals surface area (Å²) in [6, 6.07) is 5.17. The Labute approximate surface area is 125 Å². The molecular formula is C13H17NO8. The number of nitro benzene ring substituents is 1. The molecule has 9 nitrogen and oxygen atoms in total. The van der Waals surface area contributed by atoms with E-state index in [0.29, 0.717) is 0 Å². The molecule has 1 heterocycles. The monoisotopic (exact) mass is 315 g/mol. The van der Waals surface area contributed by atoms with Gasteiger partial charge >= 0.3 is 0 Å². The minimum atomic E-state index is -1.40. The maximum Gasteiger partial charge on any atom is 0.269 e. The largest absolute Gasteiger partial charge is 0.462 e. The van der Waals surface area contributed by atoms with E-state index >= 15 is 0 Å². The molecule has 1 aliphatic rings. The lowest BCUT2D eigenvalue weighted by Crippen LogP contribution is -2.60. The van der Waals surface area contributed by atoms with Gasteiger partial charge in [-0.3, -0.25) is 10.1 Å². The van der Waals surface area contributed by atoms with Crippen molar-refractivity contribution in [3.8, 4) is 5.75 Å². The van der Waals surface area contributed by atoms with Gasteiger partial charge in [-0.2, -0.15) is 0 Å². The van der Waals surface area contributed by atoms with Gasteiger partial charge in [0.1, 0.15) is 30.2 Å². The van der Waals surface area contributed by atoms with Crippen LogP contribution in [0.25, 0.3) is 0 Å². The molecule has 3 N–H and O–H groups in total. The molecule has 1 fully saturated rings. The normalized spacial score (nSPS) is 31.7. The second-order valence-electron chi connectivity index (χ2n) is 4.78. The minimum Gasteiger partial charge on any atom is -0.462 e. The van der Waals surface area contributed by atoms with Gasteiger partial charge in [-0.1, -0.05) is 0 Å². The van der Waals surface area contributed by atoms with Crippen LogP contribution in [0.3, 0.4) is 0 Å². The number of hydrogen-bond donors (Lipinski definition) is 3. The van der Waals surface area contributed by atoms with Crippen molar-refractivity contribution in [3.05, 3.63) is 34.4 Å². The molecule has 1 aliphatic heterocycles.